The molecule has 90 valence electrons. The first kappa shape index (κ1) is 12.3. The third-order valence-electron chi connectivity index (χ3n) is 2.24. The highest BCUT2D eigenvalue weighted by Crippen LogP contribution is 2.31. The van der Waals surface area contributed by atoms with E-state index in [4.69, 9.17) is 11.6 Å². The number of thiazole rings is 1. The molecule has 0 saturated heterocycles. The maximum absolute atomic E-state index is 13.0. The first-order valence-corrected chi connectivity index (χ1v) is 6.55. The Kier molecular flexibility index (Phi) is 3.97. The number of anilines is 1. The summed E-state index contributed by atoms with van der Waals surface area (Å²) in [7, 11) is 0. The van der Waals surface area contributed by atoms with Gasteiger partial charge < -0.3 is 5.32 Å². The summed E-state index contributed by atoms with van der Waals surface area (Å²) in [4.78, 5) is 5.23. The number of nitrogens with zero attached hydrogens (tertiary/aromatic N) is 1. The van der Waals surface area contributed by atoms with E-state index in [0.29, 0.717) is 0 Å². The minimum Gasteiger partial charge on any atom is -0.362 e. The van der Waals surface area contributed by atoms with Crippen LogP contribution < -0.4 is 5.32 Å². The number of halogens is 2. The molecule has 0 spiro atoms. The molecule has 0 fully saturated rings. The summed E-state index contributed by atoms with van der Waals surface area (Å²) in [5, 5.41) is 4.23. The fourth-order valence-electron chi connectivity index (χ4n) is 1.37. The number of aromatic nitrogens is 1. The molecule has 0 radical (unpaired) electrons. The van der Waals surface area contributed by atoms with Crippen LogP contribution in [0, 0.1) is 5.82 Å². The van der Waals surface area contributed by atoms with Crippen LogP contribution in [0.15, 0.2) is 24.4 Å². The van der Waals surface area contributed by atoms with Crippen molar-refractivity contribution in [2.45, 2.75) is 13.3 Å². The third kappa shape index (κ3) is 2.96. The predicted molar refractivity (Wildman–Crippen MR) is 71.3 cm³/mol. The fourth-order valence-corrected chi connectivity index (χ4v) is 2.39. The Morgan fingerprint density at radius 3 is 3.00 bits per heavy atom. The molecule has 0 saturated carbocycles. The topological polar surface area (TPSA) is 24.9 Å². The quantitative estimate of drug-likeness (QED) is 0.889. The van der Waals surface area contributed by atoms with Crippen molar-refractivity contribution < 1.29 is 4.39 Å². The van der Waals surface area contributed by atoms with Crippen LogP contribution >= 0.6 is 22.9 Å². The van der Waals surface area contributed by atoms with Crippen molar-refractivity contribution in [1.29, 1.82) is 0 Å². The minimum atomic E-state index is -0.399. The highest BCUT2D eigenvalue weighted by atomic mass is 35.5. The third-order valence-corrected chi connectivity index (χ3v) is 3.53. The van der Waals surface area contributed by atoms with Gasteiger partial charge in [0.15, 0.2) is 5.13 Å². The molecule has 17 heavy (non-hydrogen) atoms. The van der Waals surface area contributed by atoms with E-state index in [1.165, 1.54) is 17.4 Å². The average molecular weight is 271 g/mol. The van der Waals surface area contributed by atoms with E-state index in [-0.39, 0.29) is 5.02 Å². The lowest BCUT2D eigenvalue weighted by atomic mass is 10.2. The number of hydrogen-bond acceptors (Lipinski definition) is 3. The standard InChI is InChI=1S/C12H12ClFN2S/c1-2-5-15-12-16-7-11(17-12)8-3-4-10(14)9(13)6-8/h3-4,6-7H,2,5H2,1H3,(H,15,16). The van der Waals surface area contributed by atoms with Gasteiger partial charge >= 0.3 is 0 Å². The van der Waals surface area contributed by atoms with Gasteiger partial charge in [0.05, 0.1) is 9.90 Å². The molecule has 1 N–H and O–H groups in total. The lowest BCUT2D eigenvalue weighted by Gasteiger charge is -1.99. The largest absolute Gasteiger partial charge is 0.362 e. The van der Waals surface area contributed by atoms with E-state index in [2.05, 4.69) is 17.2 Å². The summed E-state index contributed by atoms with van der Waals surface area (Å²) in [6.45, 7) is 3.00. The maximum atomic E-state index is 13.0. The molecular weight excluding hydrogens is 259 g/mol. The Balaban J connectivity index is 2.21. The molecule has 5 heteroatoms. The van der Waals surface area contributed by atoms with E-state index < -0.39 is 5.82 Å². The van der Waals surface area contributed by atoms with Gasteiger partial charge in [-0.1, -0.05) is 35.9 Å². The van der Waals surface area contributed by atoms with Crippen molar-refractivity contribution in [2.24, 2.45) is 0 Å². The Bertz CT molecular complexity index is 513. The van der Waals surface area contributed by atoms with Crippen molar-refractivity contribution in [3.63, 3.8) is 0 Å². The first-order chi connectivity index (χ1) is 8.20. The average Bonchev–Trinajstić information content (AvgIpc) is 2.79. The molecule has 0 amide bonds. The van der Waals surface area contributed by atoms with Crippen molar-refractivity contribution in [2.75, 3.05) is 11.9 Å². The van der Waals surface area contributed by atoms with E-state index in [1.54, 1.807) is 18.3 Å². The van der Waals surface area contributed by atoms with Gasteiger partial charge in [-0.15, -0.1) is 0 Å². The number of hydrogen-bond donors (Lipinski definition) is 1. The SMILES string of the molecule is CCCNc1ncc(-c2ccc(F)c(Cl)c2)s1. The molecule has 0 aliphatic heterocycles. The molecule has 0 aliphatic carbocycles. The monoisotopic (exact) mass is 270 g/mol. The van der Waals surface area contributed by atoms with E-state index >= 15 is 0 Å². The van der Waals surface area contributed by atoms with Gasteiger partial charge in [-0.3, -0.25) is 0 Å². The zero-order chi connectivity index (χ0) is 12.3. The summed E-state index contributed by atoms with van der Waals surface area (Å²) in [5.74, 6) is -0.399. The molecule has 0 atom stereocenters. The summed E-state index contributed by atoms with van der Waals surface area (Å²) in [6.07, 6.45) is 2.82. The van der Waals surface area contributed by atoms with Crippen molar-refractivity contribution >= 4 is 28.1 Å². The van der Waals surface area contributed by atoms with Gasteiger partial charge in [-0.25, -0.2) is 9.37 Å². The van der Waals surface area contributed by atoms with Crippen molar-refractivity contribution in [1.82, 2.24) is 4.98 Å². The normalized spacial score (nSPS) is 10.5. The van der Waals surface area contributed by atoms with Crippen LogP contribution in [0.2, 0.25) is 5.02 Å². The molecule has 2 aromatic rings. The molecule has 0 bridgehead atoms. The lowest BCUT2D eigenvalue weighted by Crippen LogP contribution is -1.97. The lowest BCUT2D eigenvalue weighted by molar-refractivity contribution is 0.628. The second kappa shape index (κ2) is 5.47. The number of nitrogens with one attached hydrogen (secondary N) is 1. The predicted octanol–water partition coefficient (Wildman–Crippen LogP) is 4.42. The summed E-state index contributed by atoms with van der Waals surface area (Å²) in [6, 6.07) is 4.70. The van der Waals surface area contributed by atoms with Crippen LogP contribution in [0.1, 0.15) is 13.3 Å². The van der Waals surface area contributed by atoms with Gasteiger partial charge in [0, 0.05) is 12.7 Å². The van der Waals surface area contributed by atoms with Crippen LogP contribution in [0.25, 0.3) is 10.4 Å². The van der Waals surface area contributed by atoms with E-state index in [9.17, 15) is 4.39 Å². The maximum Gasteiger partial charge on any atom is 0.183 e. The van der Waals surface area contributed by atoms with E-state index in [0.717, 1.165) is 28.5 Å². The molecule has 1 aromatic heterocycles. The Morgan fingerprint density at radius 1 is 1.47 bits per heavy atom. The summed E-state index contributed by atoms with van der Waals surface area (Å²) < 4.78 is 13.0. The molecule has 0 unspecified atom stereocenters. The fraction of sp³-hybridized carbons (Fsp3) is 0.250. The van der Waals surface area contributed by atoms with Crippen LogP contribution in [-0.2, 0) is 0 Å². The second-order valence-electron chi connectivity index (χ2n) is 3.59. The second-order valence-corrected chi connectivity index (χ2v) is 5.02. The summed E-state index contributed by atoms with van der Waals surface area (Å²) >= 11 is 7.28. The highest BCUT2D eigenvalue weighted by Gasteiger charge is 2.06. The minimum absolute atomic E-state index is 0.138. The van der Waals surface area contributed by atoms with Gasteiger partial charge in [0.25, 0.3) is 0 Å². The van der Waals surface area contributed by atoms with Crippen molar-refractivity contribution in [3.8, 4) is 10.4 Å². The number of benzene rings is 1. The Hall–Kier alpha value is -1.13. The van der Waals surface area contributed by atoms with E-state index in [1.807, 2.05) is 0 Å². The van der Waals surface area contributed by atoms with Gasteiger partial charge in [0.1, 0.15) is 5.82 Å². The molecule has 2 rings (SSSR count). The summed E-state index contributed by atoms with van der Waals surface area (Å²) in [5.41, 5.74) is 0.887. The van der Waals surface area contributed by atoms with Crippen LogP contribution in [0.5, 0.6) is 0 Å². The Labute approximate surface area is 108 Å². The van der Waals surface area contributed by atoms with Gasteiger partial charge in [0.2, 0.25) is 0 Å². The van der Waals surface area contributed by atoms with Crippen molar-refractivity contribution in [3.05, 3.63) is 35.2 Å². The smallest absolute Gasteiger partial charge is 0.183 e. The molecule has 1 heterocycles. The van der Waals surface area contributed by atoms with Crippen LogP contribution in [0.4, 0.5) is 9.52 Å². The molecule has 0 aliphatic rings. The van der Waals surface area contributed by atoms with Crippen LogP contribution in [0.3, 0.4) is 0 Å². The first-order valence-electron chi connectivity index (χ1n) is 5.36. The zero-order valence-corrected chi connectivity index (χ0v) is 10.9. The molecular formula is C12H12ClFN2S. The number of rotatable bonds is 4. The van der Waals surface area contributed by atoms with Gasteiger partial charge in [-0.2, -0.15) is 0 Å². The van der Waals surface area contributed by atoms with Gasteiger partial charge in [-0.05, 0) is 24.1 Å². The van der Waals surface area contributed by atoms with Crippen LogP contribution in [-0.4, -0.2) is 11.5 Å². The molecule has 1 aromatic carbocycles. The zero-order valence-electron chi connectivity index (χ0n) is 9.34. The Morgan fingerprint density at radius 2 is 2.29 bits per heavy atom. The highest BCUT2D eigenvalue weighted by molar-refractivity contribution is 7.18. The molecule has 2 nitrogen and oxygen atoms in total.